The van der Waals surface area contributed by atoms with E-state index in [4.69, 9.17) is 4.84 Å². The molecule has 106 valence electrons. The molecule has 1 aromatic carbocycles. The molecule has 0 saturated heterocycles. The fourth-order valence-corrected chi connectivity index (χ4v) is 1.43. The van der Waals surface area contributed by atoms with Gasteiger partial charge in [0, 0.05) is 5.41 Å². The Kier molecular flexibility index (Phi) is 6.00. The number of oxime groups is 1. The predicted octanol–water partition coefficient (Wildman–Crippen LogP) is 4.59. The summed E-state index contributed by atoms with van der Waals surface area (Å²) in [6.45, 7) is 8.96. The van der Waals surface area contributed by atoms with Crippen molar-refractivity contribution < 1.29 is 9.23 Å². The van der Waals surface area contributed by atoms with E-state index in [1.165, 1.54) is 12.1 Å². The normalized spacial score (nSPS) is 12.6. The van der Waals surface area contributed by atoms with Gasteiger partial charge in [-0.25, -0.2) is 4.39 Å². The first-order chi connectivity index (χ1) is 8.89. The number of rotatable bonds is 6. The average Bonchev–Trinajstić information content (AvgIpc) is 2.34. The van der Waals surface area contributed by atoms with Gasteiger partial charge in [-0.1, -0.05) is 38.1 Å². The first-order valence-electron chi connectivity index (χ1n) is 6.81. The number of unbranched alkanes of at least 4 members (excludes halogenated alkanes) is 1. The smallest absolute Gasteiger partial charge is 0.123 e. The summed E-state index contributed by atoms with van der Waals surface area (Å²) in [5.74, 6) is -0.181. The van der Waals surface area contributed by atoms with Crippen molar-refractivity contribution >= 4 is 5.71 Å². The molecule has 0 atom stereocenters. The maximum Gasteiger partial charge on any atom is 0.123 e. The summed E-state index contributed by atoms with van der Waals surface area (Å²) >= 11 is 0. The Labute approximate surface area is 115 Å². The van der Waals surface area contributed by atoms with Crippen LogP contribution in [0.3, 0.4) is 0 Å². The van der Waals surface area contributed by atoms with Gasteiger partial charge >= 0.3 is 0 Å². The summed E-state index contributed by atoms with van der Waals surface area (Å²) in [5, 5.41) is 4.12. The fourth-order valence-electron chi connectivity index (χ4n) is 1.43. The van der Waals surface area contributed by atoms with Gasteiger partial charge in [0.25, 0.3) is 0 Å². The molecule has 0 bridgehead atoms. The van der Waals surface area contributed by atoms with Crippen LogP contribution in [0.15, 0.2) is 29.4 Å². The van der Waals surface area contributed by atoms with Crippen molar-refractivity contribution in [2.75, 3.05) is 6.61 Å². The summed E-state index contributed by atoms with van der Waals surface area (Å²) in [6, 6.07) is 6.67. The Hall–Kier alpha value is -1.38. The molecule has 0 spiro atoms. The summed E-state index contributed by atoms with van der Waals surface area (Å²) in [7, 11) is 0. The van der Waals surface area contributed by atoms with Crippen LogP contribution < -0.4 is 0 Å². The molecule has 1 aromatic rings. The lowest BCUT2D eigenvalue weighted by Gasteiger charge is -2.16. The van der Waals surface area contributed by atoms with Crippen LogP contribution in [0.25, 0.3) is 0 Å². The van der Waals surface area contributed by atoms with Gasteiger partial charge < -0.3 is 4.84 Å². The molecule has 2 nitrogen and oxygen atoms in total. The predicted molar refractivity (Wildman–Crippen MR) is 77.9 cm³/mol. The number of nitrogens with zero attached hydrogens (tertiary/aromatic N) is 1. The quantitative estimate of drug-likeness (QED) is 0.419. The lowest BCUT2D eigenvalue weighted by atomic mass is 9.91. The van der Waals surface area contributed by atoms with Crippen molar-refractivity contribution in [2.24, 2.45) is 10.6 Å². The number of hydrogen-bond donors (Lipinski definition) is 0. The Balaban J connectivity index is 2.17. The molecule has 0 heterocycles. The van der Waals surface area contributed by atoms with E-state index in [0.29, 0.717) is 6.61 Å². The van der Waals surface area contributed by atoms with Crippen LogP contribution in [-0.4, -0.2) is 12.3 Å². The minimum absolute atomic E-state index is 0.0636. The number of hydrogen-bond acceptors (Lipinski definition) is 2. The fraction of sp³-hybridized carbons (Fsp3) is 0.562. The molecule has 0 N–H and O–H groups in total. The van der Waals surface area contributed by atoms with Crippen LogP contribution in [0, 0.1) is 11.2 Å². The molecule has 1 rings (SSSR count). The van der Waals surface area contributed by atoms with Crippen LogP contribution in [0.1, 0.15) is 46.1 Å². The maximum atomic E-state index is 12.7. The van der Waals surface area contributed by atoms with E-state index in [0.717, 1.165) is 30.5 Å². The molecule has 0 amide bonds. The van der Waals surface area contributed by atoms with E-state index in [1.807, 2.05) is 19.1 Å². The summed E-state index contributed by atoms with van der Waals surface area (Å²) in [6.07, 6.45) is 2.93. The van der Waals surface area contributed by atoms with E-state index in [9.17, 15) is 4.39 Å². The zero-order chi connectivity index (χ0) is 14.3. The van der Waals surface area contributed by atoms with Gasteiger partial charge in [-0.15, -0.1) is 0 Å². The molecule has 0 aromatic heterocycles. The highest BCUT2D eigenvalue weighted by Crippen LogP contribution is 2.15. The largest absolute Gasteiger partial charge is 0.396 e. The second-order valence-corrected chi connectivity index (χ2v) is 5.84. The van der Waals surface area contributed by atoms with Gasteiger partial charge in [0.05, 0.1) is 5.71 Å². The Morgan fingerprint density at radius 3 is 2.37 bits per heavy atom. The molecular weight excluding hydrogens is 241 g/mol. The molecule has 0 unspecified atom stereocenters. The number of benzene rings is 1. The lowest BCUT2D eigenvalue weighted by molar-refractivity contribution is 0.137. The van der Waals surface area contributed by atoms with Gasteiger partial charge in [-0.3, -0.25) is 0 Å². The first-order valence-corrected chi connectivity index (χ1v) is 6.81. The van der Waals surface area contributed by atoms with E-state index >= 15 is 0 Å². The molecular formula is C16H24FNO. The van der Waals surface area contributed by atoms with Crippen molar-refractivity contribution in [3.8, 4) is 0 Å². The highest BCUT2D eigenvalue weighted by Gasteiger charge is 2.14. The molecule has 3 heteroatoms. The maximum absolute atomic E-state index is 12.7. The molecule has 0 aliphatic heterocycles. The van der Waals surface area contributed by atoms with Crippen molar-refractivity contribution in [2.45, 2.75) is 47.0 Å². The van der Waals surface area contributed by atoms with Gasteiger partial charge in [0.2, 0.25) is 0 Å². The van der Waals surface area contributed by atoms with Crippen molar-refractivity contribution in [1.29, 1.82) is 0 Å². The van der Waals surface area contributed by atoms with Crippen LogP contribution in [-0.2, 0) is 11.3 Å². The third kappa shape index (κ3) is 6.37. The summed E-state index contributed by atoms with van der Waals surface area (Å²) in [4.78, 5) is 5.31. The third-order valence-electron chi connectivity index (χ3n) is 3.15. The minimum atomic E-state index is -0.181. The standard InChI is InChI=1S/C16H24FNO/c1-13(16(2,3)4)18-19-12-6-5-7-14-8-10-15(17)11-9-14/h8-11H,5-7,12H2,1-4H3/b18-13+. The summed E-state index contributed by atoms with van der Waals surface area (Å²) in [5.41, 5.74) is 2.23. The van der Waals surface area contributed by atoms with Crippen molar-refractivity contribution in [3.05, 3.63) is 35.6 Å². The minimum Gasteiger partial charge on any atom is -0.396 e. The second kappa shape index (κ2) is 7.27. The van der Waals surface area contributed by atoms with E-state index in [1.54, 1.807) is 0 Å². The van der Waals surface area contributed by atoms with Crippen LogP contribution >= 0.6 is 0 Å². The Morgan fingerprint density at radius 2 is 1.79 bits per heavy atom. The molecule has 0 fully saturated rings. The van der Waals surface area contributed by atoms with Gasteiger partial charge in [-0.2, -0.15) is 0 Å². The molecule has 0 aliphatic carbocycles. The average molecular weight is 265 g/mol. The van der Waals surface area contributed by atoms with E-state index in [2.05, 4.69) is 25.9 Å². The van der Waals surface area contributed by atoms with Crippen molar-refractivity contribution in [1.82, 2.24) is 0 Å². The first kappa shape index (κ1) is 15.7. The number of aryl methyl sites for hydroxylation is 1. The lowest BCUT2D eigenvalue weighted by Crippen LogP contribution is -2.17. The van der Waals surface area contributed by atoms with Gasteiger partial charge in [0.15, 0.2) is 0 Å². The molecule has 0 saturated carbocycles. The van der Waals surface area contributed by atoms with Crippen LogP contribution in [0.2, 0.25) is 0 Å². The monoisotopic (exact) mass is 265 g/mol. The van der Waals surface area contributed by atoms with Crippen LogP contribution in [0.5, 0.6) is 0 Å². The zero-order valence-corrected chi connectivity index (χ0v) is 12.4. The van der Waals surface area contributed by atoms with E-state index < -0.39 is 0 Å². The van der Waals surface area contributed by atoms with Crippen LogP contribution in [0.4, 0.5) is 4.39 Å². The SMILES string of the molecule is C/C(=N\OCCCCc1ccc(F)cc1)C(C)(C)C. The Morgan fingerprint density at radius 1 is 1.16 bits per heavy atom. The highest BCUT2D eigenvalue weighted by molar-refractivity contribution is 5.86. The highest BCUT2D eigenvalue weighted by atomic mass is 19.1. The second-order valence-electron chi connectivity index (χ2n) is 5.84. The van der Waals surface area contributed by atoms with Gasteiger partial charge in [0.1, 0.15) is 12.4 Å². The summed E-state index contributed by atoms with van der Waals surface area (Å²) < 4.78 is 12.7. The Bertz CT molecular complexity index is 404. The van der Waals surface area contributed by atoms with E-state index in [-0.39, 0.29) is 11.2 Å². The van der Waals surface area contributed by atoms with Crippen molar-refractivity contribution in [3.63, 3.8) is 0 Å². The molecule has 19 heavy (non-hydrogen) atoms. The van der Waals surface area contributed by atoms with Gasteiger partial charge in [-0.05, 0) is 43.9 Å². The third-order valence-corrected chi connectivity index (χ3v) is 3.15. The number of halogens is 1. The molecule has 0 aliphatic rings. The zero-order valence-electron chi connectivity index (χ0n) is 12.4. The topological polar surface area (TPSA) is 21.6 Å². The molecule has 0 radical (unpaired) electrons.